The van der Waals surface area contributed by atoms with E-state index in [1.807, 2.05) is 30.7 Å². The van der Waals surface area contributed by atoms with Gasteiger partial charge in [-0.05, 0) is 38.5 Å². The third-order valence-electron chi connectivity index (χ3n) is 3.48. The summed E-state index contributed by atoms with van der Waals surface area (Å²) >= 11 is 6.15. The van der Waals surface area contributed by atoms with E-state index in [2.05, 4.69) is 5.10 Å². The van der Waals surface area contributed by atoms with Gasteiger partial charge >= 0.3 is 0 Å². The van der Waals surface area contributed by atoms with E-state index in [9.17, 15) is 13.2 Å². The zero-order valence-electron chi connectivity index (χ0n) is 13.3. The SMILES string of the molecule is Cc1ccc(-n2nc(C)c(CC(=O)NS(C)(=O)=O)c2C)cc1Cl. The lowest BCUT2D eigenvalue weighted by Crippen LogP contribution is -2.30. The number of carbonyl (C=O) groups excluding carboxylic acids is 1. The smallest absolute Gasteiger partial charge is 0.237 e. The second kappa shape index (κ2) is 6.33. The van der Waals surface area contributed by atoms with Gasteiger partial charge in [0, 0.05) is 16.3 Å². The predicted molar refractivity (Wildman–Crippen MR) is 89.5 cm³/mol. The van der Waals surface area contributed by atoms with Crippen LogP contribution in [-0.2, 0) is 21.2 Å². The van der Waals surface area contributed by atoms with Gasteiger partial charge in [0.05, 0.1) is 24.1 Å². The third kappa shape index (κ3) is 4.11. The summed E-state index contributed by atoms with van der Waals surface area (Å²) in [6.07, 6.45) is 0.896. The van der Waals surface area contributed by atoms with Gasteiger partial charge in [-0.2, -0.15) is 5.10 Å². The number of nitrogens with one attached hydrogen (secondary N) is 1. The van der Waals surface area contributed by atoms with Crippen LogP contribution in [0.1, 0.15) is 22.5 Å². The van der Waals surface area contributed by atoms with E-state index in [0.29, 0.717) is 16.3 Å². The molecule has 1 heterocycles. The van der Waals surface area contributed by atoms with E-state index in [0.717, 1.165) is 23.2 Å². The number of hydrogen-bond donors (Lipinski definition) is 1. The highest BCUT2D eigenvalue weighted by molar-refractivity contribution is 7.89. The normalized spacial score (nSPS) is 11.5. The summed E-state index contributed by atoms with van der Waals surface area (Å²) in [5.41, 5.74) is 3.89. The van der Waals surface area contributed by atoms with Crippen molar-refractivity contribution in [1.29, 1.82) is 0 Å². The van der Waals surface area contributed by atoms with Crippen LogP contribution in [0.5, 0.6) is 0 Å². The van der Waals surface area contributed by atoms with Crippen molar-refractivity contribution >= 4 is 27.5 Å². The van der Waals surface area contributed by atoms with Crippen molar-refractivity contribution in [3.8, 4) is 5.69 Å². The Hall–Kier alpha value is -1.86. The fourth-order valence-corrected chi connectivity index (χ4v) is 2.96. The van der Waals surface area contributed by atoms with Crippen LogP contribution in [0.3, 0.4) is 0 Å². The molecule has 0 saturated heterocycles. The van der Waals surface area contributed by atoms with E-state index in [1.54, 1.807) is 17.7 Å². The van der Waals surface area contributed by atoms with Gasteiger partial charge in [-0.15, -0.1) is 0 Å². The minimum absolute atomic E-state index is 0.0513. The van der Waals surface area contributed by atoms with E-state index >= 15 is 0 Å². The fraction of sp³-hybridized carbons (Fsp3) is 0.333. The summed E-state index contributed by atoms with van der Waals surface area (Å²) < 4.78 is 25.9. The first-order chi connectivity index (χ1) is 10.6. The lowest BCUT2D eigenvalue weighted by Gasteiger charge is -2.07. The van der Waals surface area contributed by atoms with Gasteiger partial charge in [0.15, 0.2) is 0 Å². The topological polar surface area (TPSA) is 81.1 Å². The van der Waals surface area contributed by atoms with Crippen molar-refractivity contribution < 1.29 is 13.2 Å². The summed E-state index contributed by atoms with van der Waals surface area (Å²) in [5, 5.41) is 5.06. The third-order valence-corrected chi connectivity index (χ3v) is 4.48. The molecule has 1 aromatic carbocycles. The lowest BCUT2D eigenvalue weighted by atomic mass is 10.1. The maximum absolute atomic E-state index is 11.8. The minimum Gasteiger partial charge on any atom is -0.274 e. The highest BCUT2D eigenvalue weighted by atomic mass is 35.5. The van der Waals surface area contributed by atoms with E-state index in [1.165, 1.54) is 0 Å². The molecule has 23 heavy (non-hydrogen) atoms. The molecule has 1 amide bonds. The van der Waals surface area contributed by atoms with Gasteiger partial charge in [0.2, 0.25) is 15.9 Å². The summed E-state index contributed by atoms with van der Waals surface area (Å²) in [6.45, 7) is 5.52. The maximum atomic E-state index is 11.8. The molecular formula is C15H18ClN3O3S. The second-order valence-corrected chi connectivity index (χ2v) is 7.62. The van der Waals surface area contributed by atoms with Gasteiger partial charge in [-0.3, -0.25) is 9.52 Å². The number of benzene rings is 1. The first kappa shape index (κ1) is 17.5. The van der Waals surface area contributed by atoms with E-state index < -0.39 is 15.9 Å². The summed E-state index contributed by atoms with van der Waals surface area (Å²) in [4.78, 5) is 11.8. The molecular weight excluding hydrogens is 338 g/mol. The largest absolute Gasteiger partial charge is 0.274 e. The Kier molecular flexibility index (Phi) is 4.81. The Morgan fingerprint density at radius 1 is 1.30 bits per heavy atom. The second-order valence-electron chi connectivity index (χ2n) is 5.47. The monoisotopic (exact) mass is 355 g/mol. The van der Waals surface area contributed by atoms with Crippen LogP contribution in [0.4, 0.5) is 0 Å². The van der Waals surface area contributed by atoms with Crippen molar-refractivity contribution in [2.75, 3.05) is 6.26 Å². The first-order valence-corrected chi connectivity index (χ1v) is 9.17. The van der Waals surface area contributed by atoms with Crippen molar-refractivity contribution in [2.24, 2.45) is 0 Å². The number of sulfonamides is 1. The standard InChI is InChI=1S/C15H18ClN3O3S/c1-9-5-6-12(7-14(9)16)19-11(3)13(10(2)17-19)8-15(20)18-23(4,21)22/h5-7H,8H2,1-4H3,(H,18,20). The van der Waals surface area contributed by atoms with Crippen LogP contribution in [0.25, 0.3) is 5.69 Å². The number of amides is 1. The maximum Gasteiger partial charge on any atom is 0.237 e. The molecule has 0 atom stereocenters. The van der Waals surface area contributed by atoms with Crippen LogP contribution in [-0.4, -0.2) is 30.4 Å². The van der Waals surface area contributed by atoms with Crippen molar-refractivity contribution in [3.05, 3.63) is 45.7 Å². The summed E-state index contributed by atoms with van der Waals surface area (Å²) in [5.74, 6) is -0.583. The summed E-state index contributed by atoms with van der Waals surface area (Å²) in [6, 6.07) is 5.59. The highest BCUT2D eigenvalue weighted by Gasteiger charge is 2.18. The molecule has 0 aliphatic rings. The average Bonchev–Trinajstić information content (AvgIpc) is 2.68. The molecule has 0 saturated carbocycles. The number of rotatable bonds is 4. The molecule has 0 fully saturated rings. The number of hydrogen-bond acceptors (Lipinski definition) is 4. The fourth-order valence-electron chi connectivity index (χ4n) is 2.30. The Labute approximate surface area is 140 Å². The van der Waals surface area contributed by atoms with Crippen LogP contribution < -0.4 is 4.72 Å². The van der Waals surface area contributed by atoms with Crippen LogP contribution >= 0.6 is 11.6 Å². The van der Waals surface area contributed by atoms with Crippen molar-refractivity contribution in [1.82, 2.24) is 14.5 Å². The van der Waals surface area contributed by atoms with E-state index in [4.69, 9.17) is 11.6 Å². The molecule has 124 valence electrons. The predicted octanol–water partition coefficient (Wildman–Crippen LogP) is 2.07. The molecule has 8 heteroatoms. The van der Waals surface area contributed by atoms with E-state index in [-0.39, 0.29) is 6.42 Å². The Morgan fingerprint density at radius 3 is 2.52 bits per heavy atom. The van der Waals surface area contributed by atoms with Gasteiger partial charge in [-0.25, -0.2) is 13.1 Å². The molecule has 0 aliphatic heterocycles. The van der Waals surface area contributed by atoms with Gasteiger partial charge in [0.25, 0.3) is 0 Å². The summed E-state index contributed by atoms with van der Waals surface area (Å²) in [7, 11) is -3.57. The zero-order chi connectivity index (χ0) is 17.4. The highest BCUT2D eigenvalue weighted by Crippen LogP contribution is 2.23. The van der Waals surface area contributed by atoms with Crippen LogP contribution in [0, 0.1) is 20.8 Å². The molecule has 1 aromatic heterocycles. The molecule has 0 spiro atoms. The van der Waals surface area contributed by atoms with Gasteiger partial charge < -0.3 is 0 Å². The Bertz CT molecular complexity index is 872. The number of aromatic nitrogens is 2. The molecule has 2 aromatic rings. The van der Waals surface area contributed by atoms with Crippen molar-refractivity contribution in [2.45, 2.75) is 27.2 Å². The molecule has 1 N–H and O–H groups in total. The molecule has 0 unspecified atom stereocenters. The van der Waals surface area contributed by atoms with Crippen LogP contribution in [0.15, 0.2) is 18.2 Å². The van der Waals surface area contributed by atoms with Gasteiger partial charge in [-0.1, -0.05) is 17.7 Å². The number of halogens is 1. The number of nitrogens with zero attached hydrogens (tertiary/aromatic N) is 2. The first-order valence-electron chi connectivity index (χ1n) is 6.90. The molecule has 0 radical (unpaired) electrons. The quantitative estimate of drug-likeness (QED) is 0.910. The zero-order valence-corrected chi connectivity index (χ0v) is 14.9. The molecule has 6 nitrogen and oxygen atoms in total. The average molecular weight is 356 g/mol. The molecule has 0 aliphatic carbocycles. The number of carbonyl (C=O) groups is 1. The lowest BCUT2D eigenvalue weighted by molar-refractivity contribution is -0.118. The minimum atomic E-state index is -3.57. The Balaban J connectivity index is 2.36. The molecule has 0 bridgehead atoms. The van der Waals surface area contributed by atoms with Gasteiger partial charge in [0.1, 0.15) is 0 Å². The van der Waals surface area contributed by atoms with Crippen molar-refractivity contribution in [3.63, 3.8) is 0 Å². The molecule has 2 rings (SSSR count). The Morgan fingerprint density at radius 2 is 1.96 bits per heavy atom. The number of aryl methyl sites for hydroxylation is 2. The van der Waals surface area contributed by atoms with Crippen LogP contribution in [0.2, 0.25) is 5.02 Å².